The van der Waals surface area contributed by atoms with Crippen molar-refractivity contribution < 1.29 is 9.84 Å². The summed E-state index contributed by atoms with van der Waals surface area (Å²) >= 11 is 13.2. The van der Waals surface area contributed by atoms with E-state index in [-0.39, 0.29) is 5.54 Å². The number of rotatable bonds is 5. The number of hydrogen-bond donors (Lipinski definition) is 2. The molecule has 1 aliphatic carbocycles. The fourth-order valence-electron chi connectivity index (χ4n) is 5.22. The van der Waals surface area contributed by atoms with Crippen LogP contribution in [0, 0.1) is 0 Å². The molecule has 0 radical (unpaired) electrons. The lowest BCUT2D eigenvalue weighted by molar-refractivity contribution is -0.00211. The van der Waals surface area contributed by atoms with E-state index in [2.05, 4.69) is 33.3 Å². The van der Waals surface area contributed by atoms with Gasteiger partial charge >= 0.3 is 0 Å². The van der Waals surface area contributed by atoms with Gasteiger partial charge in [0.1, 0.15) is 0 Å². The molecular weight excluding hydrogens is 475 g/mol. The van der Waals surface area contributed by atoms with Gasteiger partial charge in [0, 0.05) is 16.6 Å². The molecule has 1 aromatic carbocycles. The van der Waals surface area contributed by atoms with Crippen LogP contribution in [0.3, 0.4) is 0 Å². The minimum absolute atomic E-state index is 0.305. The van der Waals surface area contributed by atoms with Crippen LogP contribution in [0.15, 0.2) is 24.5 Å². The van der Waals surface area contributed by atoms with E-state index >= 15 is 0 Å². The summed E-state index contributed by atoms with van der Waals surface area (Å²) in [4.78, 5) is 11.6. The van der Waals surface area contributed by atoms with E-state index in [0.717, 1.165) is 60.3 Å². The van der Waals surface area contributed by atoms with Crippen molar-refractivity contribution in [1.82, 2.24) is 24.6 Å². The molecule has 0 bridgehead atoms. The van der Waals surface area contributed by atoms with E-state index in [1.807, 2.05) is 10.7 Å². The van der Waals surface area contributed by atoms with Gasteiger partial charge in [0.05, 0.1) is 48.3 Å². The van der Waals surface area contributed by atoms with Crippen molar-refractivity contribution in [3.8, 4) is 0 Å². The van der Waals surface area contributed by atoms with E-state index in [1.165, 1.54) is 0 Å². The monoisotopic (exact) mass is 502 g/mol. The molecule has 4 heterocycles. The Morgan fingerprint density at radius 2 is 1.94 bits per heavy atom. The van der Waals surface area contributed by atoms with Crippen molar-refractivity contribution in [3.63, 3.8) is 0 Å². The highest BCUT2D eigenvalue weighted by Gasteiger charge is 2.45. The highest BCUT2D eigenvalue weighted by Crippen LogP contribution is 2.40. The van der Waals surface area contributed by atoms with Gasteiger partial charge < -0.3 is 15.2 Å². The summed E-state index contributed by atoms with van der Waals surface area (Å²) in [5.41, 5.74) is 2.37. The fraction of sp³-hybridized carbons (Fsp3) is 0.542. The third kappa shape index (κ3) is 3.95. The van der Waals surface area contributed by atoms with E-state index in [0.29, 0.717) is 42.0 Å². The molecule has 2 saturated heterocycles. The van der Waals surface area contributed by atoms with Crippen molar-refractivity contribution in [2.75, 3.05) is 31.6 Å². The van der Waals surface area contributed by atoms with Gasteiger partial charge in [0.15, 0.2) is 5.15 Å². The van der Waals surface area contributed by atoms with Crippen LogP contribution in [-0.4, -0.2) is 67.7 Å². The van der Waals surface area contributed by atoms with E-state index in [9.17, 15) is 5.11 Å². The second-order valence-corrected chi connectivity index (χ2v) is 10.7. The Balaban J connectivity index is 1.21. The van der Waals surface area contributed by atoms with Crippen LogP contribution in [0.4, 0.5) is 11.6 Å². The van der Waals surface area contributed by atoms with Gasteiger partial charge in [-0.25, -0.2) is 14.6 Å². The first-order valence-corrected chi connectivity index (χ1v) is 12.6. The standard InChI is InChI=1S/C24H28Cl2N6O2/c1-24(13-34-12-21(24)33)31-6-4-14(5-7-31)17-9-19-15(8-18(17)25)10-27-23(29-19)30-20-11-28-32(22(20)26)16-2-3-16/h8-11,14,16,21,33H,2-7,12-13H2,1H3,(H,27,29,30)/t21?,24-/m1/s1. The van der Waals surface area contributed by atoms with Gasteiger partial charge in [-0.1, -0.05) is 23.2 Å². The zero-order valence-corrected chi connectivity index (χ0v) is 20.6. The topological polar surface area (TPSA) is 88.3 Å². The number of anilines is 2. The van der Waals surface area contributed by atoms with Gasteiger partial charge in [0.25, 0.3) is 0 Å². The third-order valence-corrected chi connectivity index (χ3v) is 8.32. The Morgan fingerprint density at radius 1 is 1.15 bits per heavy atom. The van der Waals surface area contributed by atoms with Crippen molar-refractivity contribution in [2.24, 2.45) is 0 Å². The Labute approximate surface area is 208 Å². The van der Waals surface area contributed by atoms with Crippen LogP contribution in [0.5, 0.6) is 0 Å². The summed E-state index contributed by atoms with van der Waals surface area (Å²) in [6, 6.07) is 4.45. The molecular formula is C24H28Cl2N6O2. The molecule has 10 heteroatoms. The number of aliphatic hydroxyl groups is 1. The van der Waals surface area contributed by atoms with Crippen LogP contribution in [-0.2, 0) is 4.74 Å². The number of nitrogens with zero attached hydrogens (tertiary/aromatic N) is 5. The number of benzene rings is 1. The van der Waals surface area contributed by atoms with E-state index in [1.54, 1.807) is 12.4 Å². The summed E-state index contributed by atoms with van der Waals surface area (Å²) in [7, 11) is 0. The molecule has 2 atom stereocenters. The van der Waals surface area contributed by atoms with Gasteiger partial charge in [0.2, 0.25) is 5.95 Å². The molecule has 2 aromatic heterocycles. The lowest BCUT2D eigenvalue weighted by Crippen LogP contribution is -2.56. The van der Waals surface area contributed by atoms with Crippen molar-refractivity contribution in [1.29, 1.82) is 0 Å². The normalized spacial score (nSPS) is 26.4. The van der Waals surface area contributed by atoms with Crippen molar-refractivity contribution >= 4 is 45.7 Å². The number of nitrogens with one attached hydrogen (secondary N) is 1. The number of piperidine rings is 1. The molecule has 3 fully saturated rings. The predicted molar refractivity (Wildman–Crippen MR) is 132 cm³/mol. The Kier molecular flexibility index (Phi) is 5.69. The quantitative estimate of drug-likeness (QED) is 0.529. The molecule has 6 rings (SSSR count). The summed E-state index contributed by atoms with van der Waals surface area (Å²) in [5.74, 6) is 0.824. The third-order valence-electron chi connectivity index (χ3n) is 7.62. The average molecular weight is 503 g/mol. The second-order valence-electron chi connectivity index (χ2n) is 9.93. The van der Waals surface area contributed by atoms with E-state index in [4.69, 9.17) is 32.9 Å². The Morgan fingerprint density at radius 3 is 2.65 bits per heavy atom. The molecule has 2 N–H and O–H groups in total. The number of aromatic nitrogens is 4. The molecule has 3 aliphatic rings. The lowest BCUT2D eigenvalue weighted by atomic mass is 9.85. The number of hydrogen-bond acceptors (Lipinski definition) is 7. The minimum Gasteiger partial charge on any atom is -0.389 e. The zero-order valence-electron chi connectivity index (χ0n) is 19.0. The smallest absolute Gasteiger partial charge is 0.227 e. The molecule has 1 saturated carbocycles. The summed E-state index contributed by atoms with van der Waals surface area (Å²) in [6.07, 6.45) is 7.24. The van der Waals surface area contributed by atoms with Crippen LogP contribution in [0.2, 0.25) is 10.2 Å². The Hall–Kier alpha value is -1.97. The maximum absolute atomic E-state index is 10.4. The molecule has 34 heavy (non-hydrogen) atoms. The minimum atomic E-state index is -0.444. The van der Waals surface area contributed by atoms with Crippen molar-refractivity contribution in [3.05, 3.63) is 40.3 Å². The van der Waals surface area contributed by atoms with Gasteiger partial charge in [-0.2, -0.15) is 5.10 Å². The Bertz CT molecular complexity index is 1220. The lowest BCUT2D eigenvalue weighted by Gasteiger charge is -2.43. The highest BCUT2D eigenvalue weighted by molar-refractivity contribution is 6.32. The number of aliphatic hydroxyl groups excluding tert-OH is 1. The molecule has 2 aliphatic heterocycles. The van der Waals surface area contributed by atoms with Crippen LogP contribution < -0.4 is 5.32 Å². The zero-order chi connectivity index (χ0) is 23.4. The van der Waals surface area contributed by atoms with Gasteiger partial charge in [-0.05, 0) is 69.3 Å². The molecule has 8 nitrogen and oxygen atoms in total. The average Bonchev–Trinajstić information content (AvgIpc) is 3.54. The van der Waals surface area contributed by atoms with Crippen LogP contribution in [0.25, 0.3) is 10.9 Å². The van der Waals surface area contributed by atoms with Crippen LogP contribution >= 0.6 is 23.2 Å². The SMILES string of the molecule is C[C@@]1(N2CCC(c3cc4nc(Nc5cnn(C6CC6)c5Cl)ncc4cc3Cl)CC2)COCC1O. The highest BCUT2D eigenvalue weighted by atomic mass is 35.5. The maximum atomic E-state index is 10.4. The first-order chi connectivity index (χ1) is 16.4. The maximum Gasteiger partial charge on any atom is 0.227 e. The van der Waals surface area contributed by atoms with Gasteiger partial charge in [-0.15, -0.1) is 0 Å². The molecule has 0 amide bonds. The van der Waals surface area contributed by atoms with Gasteiger partial charge in [-0.3, -0.25) is 4.90 Å². The summed E-state index contributed by atoms with van der Waals surface area (Å²) in [6.45, 7) is 4.88. The second kappa shape index (κ2) is 8.60. The van der Waals surface area contributed by atoms with Crippen LogP contribution in [0.1, 0.15) is 50.1 Å². The summed E-state index contributed by atoms with van der Waals surface area (Å²) < 4.78 is 7.39. The van der Waals surface area contributed by atoms with E-state index < -0.39 is 6.10 Å². The first kappa shape index (κ1) is 22.5. The number of likely N-dealkylation sites (tertiary alicyclic amines) is 1. The molecule has 180 valence electrons. The molecule has 0 spiro atoms. The largest absolute Gasteiger partial charge is 0.389 e. The fourth-order valence-corrected chi connectivity index (χ4v) is 5.83. The molecule has 1 unspecified atom stereocenters. The summed E-state index contributed by atoms with van der Waals surface area (Å²) in [5, 5.41) is 20.2. The predicted octanol–water partition coefficient (Wildman–Crippen LogP) is 4.54. The first-order valence-electron chi connectivity index (χ1n) is 11.9. The number of halogens is 2. The van der Waals surface area contributed by atoms with Crippen molar-refractivity contribution in [2.45, 2.75) is 56.2 Å². The molecule has 3 aromatic rings. The number of fused-ring (bicyclic) bond motifs is 1. The number of ether oxygens (including phenoxy) is 1.